The van der Waals surface area contributed by atoms with Crippen molar-refractivity contribution in [2.75, 3.05) is 6.54 Å². The number of amides is 1. The first-order chi connectivity index (χ1) is 7.06. The number of nitrogens with one attached hydrogen (secondary N) is 1. The average Bonchev–Trinajstić information content (AvgIpc) is 2.20. The van der Waals surface area contributed by atoms with E-state index in [2.05, 4.69) is 11.9 Å². The highest BCUT2D eigenvalue weighted by molar-refractivity contribution is 6.33. The number of hydrogen-bond donors (Lipinski definition) is 1. The van der Waals surface area contributed by atoms with Crippen LogP contribution in [-0.2, 0) is 0 Å². The number of carbonyl (C=O) groups is 1. The monoisotopic (exact) mass is 231 g/mol. The van der Waals surface area contributed by atoms with Crippen molar-refractivity contribution in [2.24, 2.45) is 0 Å². The highest BCUT2D eigenvalue weighted by Crippen LogP contribution is 2.19. The third-order valence-electron chi connectivity index (χ3n) is 1.66. The topological polar surface area (TPSA) is 29.1 Å². The molecule has 0 unspecified atom stereocenters. The van der Waals surface area contributed by atoms with Crippen molar-refractivity contribution in [1.82, 2.24) is 5.32 Å². The molecule has 2 nitrogen and oxygen atoms in total. The van der Waals surface area contributed by atoms with Gasteiger partial charge < -0.3 is 5.32 Å². The van der Waals surface area contributed by atoms with E-state index in [4.69, 9.17) is 11.6 Å². The Morgan fingerprint density at radius 1 is 1.47 bits per heavy atom. The molecule has 1 rings (SSSR count). The van der Waals surface area contributed by atoms with Gasteiger partial charge in [-0.25, -0.2) is 8.78 Å². The van der Waals surface area contributed by atoms with Crippen molar-refractivity contribution >= 4 is 17.5 Å². The van der Waals surface area contributed by atoms with E-state index in [1.807, 2.05) is 0 Å². The summed E-state index contributed by atoms with van der Waals surface area (Å²) in [7, 11) is 0. The molecule has 0 atom stereocenters. The van der Waals surface area contributed by atoms with E-state index >= 15 is 0 Å². The molecule has 0 aliphatic rings. The van der Waals surface area contributed by atoms with E-state index in [0.29, 0.717) is 0 Å². The summed E-state index contributed by atoms with van der Waals surface area (Å²) >= 11 is 5.58. The molecule has 0 aliphatic carbocycles. The van der Waals surface area contributed by atoms with Crippen LogP contribution in [0.4, 0.5) is 8.78 Å². The summed E-state index contributed by atoms with van der Waals surface area (Å²) in [5.41, 5.74) is -0.0996. The van der Waals surface area contributed by atoms with Crippen molar-refractivity contribution in [3.63, 3.8) is 0 Å². The number of benzene rings is 1. The minimum Gasteiger partial charge on any atom is -0.349 e. The first kappa shape index (κ1) is 11.7. The van der Waals surface area contributed by atoms with Gasteiger partial charge >= 0.3 is 0 Å². The van der Waals surface area contributed by atoms with Crippen LogP contribution in [0.2, 0.25) is 5.02 Å². The number of hydrogen-bond acceptors (Lipinski definition) is 1. The molecule has 1 amide bonds. The summed E-state index contributed by atoms with van der Waals surface area (Å²) in [5.74, 6) is -2.76. The third-order valence-corrected chi connectivity index (χ3v) is 1.97. The summed E-state index contributed by atoms with van der Waals surface area (Å²) in [6.07, 6.45) is 1.46. The molecular formula is C10H8ClF2NO. The average molecular weight is 232 g/mol. The summed E-state index contributed by atoms with van der Waals surface area (Å²) in [5, 5.41) is 2.28. The van der Waals surface area contributed by atoms with E-state index in [9.17, 15) is 13.6 Å². The van der Waals surface area contributed by atoms with Crippen LogP contribution in [0.15, 0.2) is 24.8 Å². The van der Waals surface area contributed by atoms with Crippen LogP contribution in [-0.4, -0.2) is 12.5 Å². The Morgan fingerprint density at radius 3 is 2.67 bits per heavy atom. The molecule has 0 radical (unpaired) electrons. The largest absolute Gasteiger partial charge is 0.349 e. The maximum absolute atomic E-state index is 12.8. The molecule has 0 spiro atoms. The quantitative estimate of drug-likeness (QED) is 0.629. The first-order valence-electron chi connectivity index (χ1n) is 4.10. The fraction of sp³-hybridized carbons (Fsp3) is 0.100. The predicted octanol–water partition coefficient (Wildman–Crippen LogP) is 2.53. The van der Waals surface area contributed by atoms with Crippen molar-refractivity contribution in [3.05, 3.63) is 47.0 Å². The third kappa shape index (κ3) is 2.76. The van der Waals surface area contributed by atoms with Gasteiger partial charge in [0.05, 0.1) is 10.6 Å². The van der Waals surface area contributed by atoms with Gasteiger partial charge in [0.1, 0.15) is 0 Å². The van der Waals surface area contributed by atoms with Crippen LogP contribution in [0.25, 0.3) is 0 Å². The van der Waals surface area contributed by atoms with Crippen LogP contribution < -0.4 is 5.32 Å². The molecule has 0 fully saturated rings. The highest BCUT2D eigenvalue weighted by atomic mass is 35.5. The van der Waals surface area contributed by atoms with Gasteiger partial charge in [0.15, 0.2) is 11.6 Å². The first-order valence-corrected chi connectivity index (χ1v) is 4.47. The van der Waals surface area contributed by atoms with Gasteiger partial charge in [-0.2, -0.15) is 0 Å². The van der Waals surface area contributed by atoms with E-state index in [-0.39, 0.29) is 17.1 Å². The Labute approximate surface area is 90.5 Å². The summed E-state index contributed by atoms with van der Waals surface area (Å²) < 4.78 is 25.5. The molecule has 0 aliphatic heterocycles. The summed E-state index contributed by atoms with van der Waals surface area (Å²) in [4.78, 5) is 11.4. The minimum atomic E-state index is -1.11. The minimum absolute atomic E-state index is 0.0996. The second kappa shape index (κ2) is 4.89. The summed E-state index contributed by atoms with van der Waals surface area (Å²) in [6, 6.07) is 1.52. The van der Waals surface area contributed by atoms with Gasteiger partial charge in [-0.1, -0.05) is 17.7 Å². The zero-order valence-electron chi connectivity index (χ0n) is 7.69. The molecule has 0 bridgehead atoms. The Bertz CT molecular complexity index is 407. The van der Waals surface area contributed by atoms with Gasteiger partial charge in [0, 0.05) is 6.54 Å². The lowest BCUT2D eigenvalue weighted by atomic mass is 10.2. The van der Waals surface area contributed by atoms with Crippen LogP contribution in [0, 0.1) is 11.6 Å². The molecule has 80 valence electrons. The number of carbonyl (C=O) groups excluding carboxylic acids is 1. The second-order valence-electron chi connectivity index (χ2n) is 2.74. The molecule has 0 saturated heterocycles. The molecular weight excluding hydrogens is 224 g/mol. The molecule has 15 heavy (non-hydrogen) atoms. The fourth-order valence-corrected chi connectivity index (χ4v) is 1.19. The lowest BCUT2D eigenvalue weighted by Crippen LogP contribution is -2.23. The van der Waals surface area contributed by atoms with Gasteiger partial charge in [-0.05, 0) is 12.1 Å². The summed E-state index contributed by atoms with van der Waals surface area (Å²) in [6.45, 7) is 3.63. The Hall–Kier alpha value is -1.42. The maximum atomic E-state index is 12.8. The fourth-order valence-electron chi connectivity index (χ4n) is 0.957. The second-order valence-corrected chi connectivity index (χ2v) is 3.15. The van der Waals surface area contributed by atoms with E-state index in [0.717, 1.165) is 12.1 Å². The van der Waals surface area contributed by atoms with Gasteiger partial charge in [0.2, 0.25) is 0 Å². The molecule has 0 aromatic heterocycles. The van der Waals surface area contributed by atoms with Crippen LogP contribution in [0.3, 0.4) is 0 Å². The Balaban J connectivity index is 2.98. The molecule has 0 saturated carbocycles. The maximum Gasteiger partial charge on any atom is 0.253 e. The molecule has 1 N–H and O–H groups in total. The zero-order valence-corrected chi connectivity index (χ0v) is 8.44. The molecule has 1 aromatic carbocycles. The van der Waals surface area contributed by atoms with Gasteiger partial charge in [-0.3, -0.25) is 4.79 Å². The Morgan fingerprint density at radius 2 is 2.07 bits per heavy atom. The van der Waals surface area contributed by atoms with E-state index in [1.165, 1.54) is 6.08 Å². The van der Waals surface area contributed by atoms with Crippen molar-refractivity contribution in [1.29, 1.82) is 0 Å². The van der Waals surface area contributed by atoms with Crippen LogP contribution in [0.5, 0.6) is 0 Å². The Kier molecular flexibility index (Phi) is 3.80. The van der Waals surface area contributed by atoms with Crippen LogP contribution in [0.1, 0.15) is 10.4 Å². The number of halogens is 3. The predicted molar refractivity (Wildman–Crippen MR) is 53.9 cm³/mol. The van der Waals surface area contributed by atoms with Crippen molar-refractivity contribution in [3.8, 4) is 0 Å². The number of rotatable bonds is 3. The van der Waals surface area contributed by atoms with Crippen LogP contribution >= 0.6 is 11.6 Å². The lowest BCUT2D eigenvalue weighted by Gasteiger charge is -2.05. The zero-order chi connectivity index (χ0) is 11.4. The van der Waals surface area contributed by atoms with E-state index < -0.39 is 17.5 Å². The standard InChI is InChI=1S/C10H8ClF2NO/c1-2-3-14-10(15)6-4-8(12)9(13)5-7(6)11/h2,4-5H,1,3H2,(H,14,15). The smallest absolute Gasteiger partial charge is 0.253 e. The van der Waals surface area contributed by atoms with Crippen molar-refractivity contribution < 1.29 is 13.6 Å². The van der Waals surface area contributed by atoms with Gasteiger partial charge in [-0.15, -0.1) is 6.58 Å². The lowest BCUT2D eigenvalue weighted by molar-refractivity contribution is 0.0957. The molecule has 5 heteroatoms. The van der Waals surface area contributed by atoms with Gasteiger partial charge in [0.25, 0.3) is 5.91 Å². The SMILES string of the molecule is C=CCNC(=O)c1cc(F)c(F)cc1Cl. The van der Waals surface area contributed by atoms with E-state index in [1.54, 1.807) is 0 Å². The highest BCUT2D eigenvalue weighted by Gasteiger charge is 2.13. The normalized spacial score (nSPS) is 9.80. The van der Waals surface area contributed by atoms with Crippen molar-refractivity contribution in [2.45, 2.75) is 0 Å². The molecule has 0 heterocycles. The molecule has 1 aromatic rings.